The first kappa shape index (κ1) is 15.3. The van der Waals surface area contributed by atoms with Crippen LogP contribution in [0.1, 0.15) is 29.2 Å². The molecule has 0 fully saturated rings. The molecule has 0 radical (unpaired) electrons. The Balaban J connectivity index is 1.78. The minimum atomic E-state index is 0.255. The molecule has 0 aliphatic heterocycles. The molecule has 0 amide bonds. The van der Waals surface area contributed by atoms with Crippen LogP contribution in [0, 0.1) is 6.92 Å². The van der Waals surface area contributed by atoms with Crippen LogP contribution in [0.15, 0.2) is 79.0 Å². The fourth-order valence-electron chi connectivity index (χ4n) is 2.77. The quantitative estimate of drug-likeness (QED) is 0.679. The maximum atomic E-state index is 4.49. The molecule has 0 saturated heterocycles. The Morgan fingerprint density at radius 2 is 1.57 bits per heavy atom. The summed E-state index contributed by atoms with van der Waals surface area (Å²) in [5.74, 6) is 0.967. The van der Waals surface area contributed by atoms with Crippen LogP contribution in [0.5, 0.6) is 0 Å². The molecule has 1 atom stereocenters. The fourth-order valence-corrected chi connectivity index (χ4v) is 2.77. The lowest BCUT2D eigenvalue weighted by Gasteiger charge is -2.21. The van der Waals surface area contributed by atoms with Crippen molar-refractivity contribution < 1.29 is 0 Å². The Labute approximate surface area is 138 Å². The van der Waals surface area contributed by atoms with Gasteiger partial charge in [0.2, 0.25) is 0 Å². The third-order valence-corrected chi connectivity index (χ3v) is 4.09. The molecule has 0 aliphatic rings. The van der Waals surface area contributed by atoms with Gasteiger partial charge in [0, 0.05) is 6.20 Å². The van der Waals surface area contributed by atoms with E-state index in [0.29, 0.717) is 0 Å². The highest BCUT2D eigenvalue weighted by molar-refractivity contribution is 5.45. The van der Waals surface area contributed by atoms with Crippen molar-refractivity contribution in [3.8, 4) is 0 Å². The smallest absolute Gasteiger partial charge is 0.129 e. The lowest BCUT2D eigenvalue weighted by molar-refractivity contribution is 0.689. The minimum Gasteiger partial charge on any atom is -0.363 e. The van der Waals surface area contributed by atoms with E-state index in [1.807, 2.05) is 12.3 Å². The van der Waals surface area contributed by atoms with Crippen molar-refractivity contribution in [2.75, 3.05) is 5.32 Å². The number of aryl methyl sites for hydroxylation is 2. The van der Waals surface area contributed by atoms with Gasteiger partial charge in [-0.05, 0) is 42.5 Å². The second-order valence-corrected chi connectivity index (χ2v) is 5.80. The summed E-state index contributed by atoms with van der Waals surface area (Å²) in [4.78, 5) is 4.49. The van der Waals surface area contributed by atoms with Gasteiger partial charge >= 0.3 is 0 Å². The van der Waals surface area contributed by atoms with Crippen molar-refractivity contribution >= 4 is 5.82 Å². The van der Waals surface area contributed by atoms with Gasteiger partial charge in [-0.15, -0.1) is 0 Å². The predicted octanol–water partition coefficient (Wildman–Crippen LogP) is 5.18. The van der Waals surface area contributed by atoms with E-state index in [-0.39, 0.29) is 6.04 Å². The normalized spacial score (nSPS) is 11.9. The van der Waals surface area contributed by atoms with Crippen molar-refractivity contribution in [1.29, 1.82) is 0 Å². The molecular formula is C21H22N2. The van der Waals surface area contributed by atoms with E-state index in [2.05, 4.69) is 84.0 Å². The summed E-state index contributed by atoms with van der Waals surface area (Å²) in [6.45, 7) is 2.09. The number of anilines is 1. The second kappa shape index (κ2) is 7.59. The average Bonchev–Trinajstić information content (AvgIpc) is 2.62. The summed E-state index contributed by atoms with van der Waals surface area (Å²) in [5.41, 5.74) is 3.84. The van der Waals surface area contributed by atoms with Gasteiger partial charge in [0.25, 0.3) is 0 Å². The summed E-state index contributed by atoms with van der Waals surface area (Å²) >= 11 is 0. The number of pyridine rings is 1. The molecule has 3 aromatic rings. The predicted molar refractivity (Wildman–Crippen MR) is 96.5 cm³/mol. The summed E-state index contributed by atoms with van der Waals surface area (Å²) in [5, 5.41) is 3.62. The van der Waals surface area contributed by atoms with Crippen LogP contribution >= 0.6 is 0 Å². The number of rotatable bonds is 6. The zero-order chi connectivity index (χ0) is 15.9. The average molecular weight is 302 g/mol. The molecule has 0 spiro atoms. The van der Waals surface area contributed by atoms with Gasteiger partial charge in [-0.1, -0.05) is 66.7 Å². The molecule has 1 N–H and O–H groups in total. The Morgan fingerprint density at radius 3 is 2.26 bits per heavy atom. The van der Waals surface area contributed by atoms with E-state index < -0.39 is 0 Å². The molecular weight excluding hydrogens is 280 g/mol. The van der Waals surface area contributed by atoms with Gasteiger partial charge in [-0.25, -0.2) is 4.98 Å². The molecule has 23 heavy (non-hydrogen) atoms. The van der Waals surface area contributed by atoms with Crippen molar-refractivity contribution in [3.63, 3.8) is 0 Å². The standard InChI is InChI=1S/C21H22N2/c1-17-9-8-16-22-21(17)23-20(19-12-6-3-7-13-19)15-14-18-10-4-2-5-11-18/h2-13,16,20H,14-15H2,1H3,(H,22,23). The topological polar surface area (TPSA) is 24.9 Å². The number of nitrogens with one attached hydrogen (secondary N) is 1. The van der Waals surface area contributed by atoms with Crippen LogP contribution in [0.2, 0.25) is 0 Å². The van der Waals surface area contributed by atoms with E-state index in [9.17, 15) is 0 Å². The van der Waals surface area contributed by atoms with E-state index in [1.54, 1.807) is 0 Å². The first-order valence-corrected chi connectivity index (χ1v) is 8.10. The molecule has 2 nitrogen and oxygen atoms in total. The van der Waals surface area contributed by atoms with Crippen LogP contribution in [-0.4, -0.2) is 4.98 Å². The molecule has 1 unspecified atom stereocenters. The van der Waals surface area contributed by atoms with Crippen molar-refractivity contribution in [1.82, 2.24) is 4.98 Å². The Morgan fingerprint density at radius 1 is 0.870 bits per heavy atom. The summed E-state index contributed by atoms with van der Waals surface area (Å²) < 4.78 is 0. The van der Waals surface area contributed by atoms with E-state index in [1.165, 1.54) is 16.7 Å². The number of aromatic nitrogens is 1. The van der Waals surface area contributed by atoms with Crippen LogP contribution in [0.4, 0.5) is 5.82 Å². The van der Waals surface area contributed by atoms with E-state index in [0.717, 1.165) is 18.7 Å². The number of hydrogen-bond donors (Lipinski definition) is 1. The molecule has 0 bridgehead atoms. The molecule has 1 aromatic heterocycles. The summed E-state index contributed by atoms with van der Waals surface area (Å²) in [6.07, 6.45) is 3.91. The lowest BCUT2D eigenvalue weighted by Crippen LogP contribution is -2.13. The third kappa shape index (κ3) is 4.19. The maximum absolute atomic E-state index is 4.49. The highest BCUT2D eigenvalue weighted by Crippen LogP contribution is 2.24. The number of nitrogens with zero attached hydrogens (tertiary/aromatic N) is 1. The van der Waals surface area contributed by atoms with Crippen LogP contribution in [0.3, 0.4) is 0 Å². The molecule has 2 heteroatoms. The maximum Gasteiger partial charge on any atom is 0.129 e. The lowest BCUT2D eigenvalue weighted by atomic mass is 9.98. The number of benzene rings is 2. The highest BCUT2D eigenvalue weighted by atomic mass is 15.0. The van der Waals surface area contributed by atoms with Gasteiger partial charge in [-0.2, -0.15) is 0 Å². The van der Waals surface area contributed by atoms with Crippen LogP contribution in [-0.2, 0) is 6.42 Å². The number of hydrogen-bond acceptors (Lipinski definition) is 2. The largest absolute Gasteiger partial charge is 0.363 e. The first-order valence-electron chi connectivity index (χ1n) is 8.10. The SMILES string of the molecule is Cc1cccnc1NC(CCc1ccccc1)c1ccccc1. The molecule has 2 aromatic carbocycles. The zero-order valence-electron chi connectivity index (χ0n) is 13.4. The van der Waals surface area contributed by atoms with Gasteiger partial charge < -0.3 is 5.32 Å². The highest BCUT2D eigenvalue weighted by Gasteiger charge is 2.13. The Hall–Kier alpha value is -2.61. The summed E-state index contributed by atoms with van der Waals surface area (Å²) in [7, 11) is 0. The molecule has 0 saturated carbocycles. The van der Waals surface area contributed by atoms with Crippen LogP contribution < -0.4 is 5.32 Å². The van der Waals surface area contributed by atoms with Crippen molar-refractivity contribution in [2.45, 2.75) is 25.8 Å². The minimum absolute atomic E-state index is 0.255. The van der Waals surface area contributed by atoms with E-state index in [4.69, 9.17) is 0 Å². The molecule has 0 aliphatic carbocycles. The van der Waals surface area contributed by atoms with Gasteiger partial charge in [0.1, 0.15) is 5.82 Å². The summed E-state index contributed by atoms with van der Waals surface area (Å²) in [6, 6.07) is 25.6. The van der Waals surface area contributed by atoms with Gasteiger partial charge in [0.15, 0.2) is 0 Å². The molecule has 1 heterocycles. The Kier molecular flexibility index (Phi) is 5.05. The second-order valence-electron chi connectivity index (χ2n) is 5.80. The van der Waals surface area contributed by atoms with Gasteiger partial charge in [0.05, 0.1) is 6.04 Å². The zero-order valence-corrected chi connectivity index (χ0v) is 13.4. The molecule has 116 valence electrons. The fraction of sp³-hybridized carbons (Fsp3) is 0.190. The van der Waals surface area contributed by atoms with E-state index >= 15 is 0 Å². The van der Waals surface area contributed by atoms with Gasteiger partial charge in [-0.3, -0.25) is 0 Å². The monoisotopic (exact) mass is 302 g/mol. The van der Waals surface area contributed by atoms with Crippen molar-refractivity contribution in [3.05, 3.63) is 95.7 Å². The first-order chi connectivity index (χ1) is 11.3. The Bertz CT molecular complexity index is 723. The molecule has 3 rings (SSSR count). The van der Waals surface area contributed by atoms with Crippen molar-refractivity contribution in [2.24, 2.45) is 0 Å². The third-order valence-electron chi connectivity index (χ3n) is 4.09. The van der Waals surface area contributed by atoms with Crippen LogP contribution in [0.25, 0.3) is 0 Å².